The van der Waals surface area contributed by atoms with Crippen molar-refractivity contribution in [3.05, 3.63) is 34.9 Å². The van der Waals surface area contributed by atoms with Crippen molar-refractivity contribution in [3.63, 3.8) is 0 Å². The molecule has 0 radical (unpaired) electrons. The molecule has 3 N–H and O–H groups in total. The van der Waals surface area contributed by atoms with Gasteiger partial charge in [0, 0.05) is 5.02 Å². The van der Waals surface area contributed by atoms with Gasteiger partial charge in [0.25, 0.3) is 0 Å². The standard InChI is InChI=1S/C13H15ClO4/c14-10-5-3-9(4-6-10)13(18,11(15)16)12(17)7-1-2-8-12/h3-6,17-18H,1-2,7-8H2,(H,15,16)/t13-/m1/s1. The van der Waals surface area contributed by atoms with Gasteiger partial charge in [-0.3, -0.25) is 0 Å². The molecule has 1 aromatic carbocycles. The van der Waals surface area contributed by atoms with Crippen LogP contribution in [-0.2, 0) is 10.4 Å². The number of hydrogen-bond donors (Lipinski definition) is 3. The number of rotatable bonds is 3. The molecule has 1 fully saturated rings. The van der Waals surface area contributed by atoms with E-state index in [9.17, 15) is 20.1 Å². The molecule has 1 saturated carbocycles. The zero-order valence-corrected chi connectivity index (χ0v) is 10.5. The van der Waals surface area contributed by atoms with Gasteiger partial charge in [0.05, 0.1) is 0 Å². The minimum Gasteiger partial charge on any atom is -0.479 e. The molecule has 2 rings (SSSR count). The second kappa shape index (κ2) is 4.53. The van der Waals surface area contributed by atoms with Gasteiger partial charge in [-0.2, -0.15) is 0 Å². The van der Waals surface area contributed by atoms with E-state index in [4.69, 9.17) is 11.6 Å². The molecule has 0 aromatic heterocycles. The number of carboxylic acid groups (broad SMARTS) is 1. The molecule has 0 heterocycles. The quantitative estimate of drug-likeness (QED) is 0.784. The van der Waals surface area contributed by atoms with Crippen molar-refractivity contribution in [1.82, 2.24) is 0 Å². The summed E-state index contributed by atoms with van der Waals surface area (Å²) >= 11 is 5.74. The van der Waals surface area contributed by atoms with Gasteiger partial charge in [0.2, 0.25) is 5.60 Å². The van der Waals surface area contributed by atoms with Crippen LogP contribution in [0.5, 0.6) is 0 Å². The highest BCUT2D eigenvalue weighted by molar-refractivity contribution is 6.30. The van der Waals surface area contributed by atoms with Crippen LogP contribution in [0.2, 0.25) is 5.02 Å². The van der Waals surface area contributed by atoms with Gasteiger partial charge in [-0.1, -0.05) is 36.6 Å². The van der Waals surface area contributed by atoms with Crippen LogP contribution in [0.3, 0.4) is 0 Å². The number of carbonyl (C=O) groups is 1. The average Bonchev–Trinajstić information content (AvgIpc) is 2.77. The van der Waals surface area contributed by atoms with Crippen LogP contribution in [-0.4, -0.2) is 26.9 Å². The van der Waals surface area contributed by atoms with E-state index in [1.54, 1.807) is 0 Å². The maximum atomic E-state index is 11.5. The lowest BCUT2D eigenvalue weighted by Gasteiger charge is -2.38. The Morgan fingerprint density at radius 3 is 2.17 bits per heavy atom. The Morgan fingerprint density at radius 2 is 1.72 bits per heavy atom. The Hall–Kier alpha value is -1.10. The van der Waals surface area contributed by atoms with Gasteiger partial charge < -0.3 is 15.3 Å². The predicted octanol–water partition coefficient (Wildman–Crippen LogP) is 1.92. The van der Waals surface area contributed by atoms with E-state index in [1.807, 2.05) is 0 Å². The lowest BCUT2D eigenvalue weighted by atomic mass is 9.76. The van der Waals surface area contributed by atoms with E-state index in [0.717, 1.165) is 0 Å². The topological polar surface area (TPSA) is 77.8 Å². The maximum absolute atomic E-state index is 11.5. The van der Waals surface area contributed by atoms with Crippen LogP contribution in [0.15, 0.2) is 24.3 Å². The number of aliphatic carboxylic acids is 1. The summed E-state index contributed by atoms with van der Waals surface area (Å²) in [4.78, 5) is 11.5. The molecule has 0 aliphatic heterocycles. The predicted molar refractivity (Wildman–Crippen MR) is 66.4 cm³/mol. The molecule has 1 aliphatic carbocycles. The van der Waals surface area contributed by atoms with Gasteiger partial charge in [-0.05, 0) is 30.5 Å². The molecule has 0 amide bonds. The lowest BCUT2D eigenvalue weighted by molar-refractivity contribution is -0.195. The van der Waals surface area contributed by atoms with Gasteiger partial charge in [-0.25, -0.2) is 4.79 Å². The van der Waals surface area contributed by atoms with Crippen molar-refractivity contribution in [2.24, 2.45) is 0 Å². The number of hydrogen-bond acceptors (Lipinski definition) is 3. The van der Waals surface area contributed by atoms with E-state index < -0.39 is 17.2 Å². The zero-order chi connectivity index (χ0) is 13.4. The lowest BCUT2D eigenvalue weighted by Crippen LogP contribution is -2.55. The first-order valence-electron chi connectivity index (χ1n) is 5.84. The highest BCUT2D eigenvalue weighted by Gasteiger charge is 2.57. The van der Waals surface area contributed by atoms with Crippen LogP contribution < -0.4 is 0 Å². The van der Waals surface area contributed by atoms with Gasteiger partial charge >= 0.3 is 5.97 Å². The Bertz CT molecular complexity index is 451. The van der Waals surface area contributed by atoms with Crippen molar-refractivity contribution in [1.29, 1.82) is 0 Å². The summed E-state index contributed by atoms with van der Waals surface area (Å²) in [6, 6.07) is 5.88. The molecule has 5 heteroatoms. The van der Waals surface area contributed by atoms with Crippen molar-refractivity contribution in [2.75, 3.05) is 0 Å². The number of carboxylic acids is 1. The second-order valence-corrected chi connectivity index (χ2v) is 5.20. The molecule has 1 atom stereocenters. The Balaban J connectivity index is 2.50. The molecule has 0 bridgehead atoms. The second-order valence-electron chi connectivity index (χ2n) is 4.76. The van der Waals surface area contributed by atoms with Gasteiger partial charge in [0.15, 0.2) is 0 Å². The molecule has 4 nitrogen and oxygen atoms in total. The Morgan fingerprint density at radius 1 is 1.22 bits per heavy atom. The average molecular weight is 271 g/mol. The molecule has 1 aromatic rings. The summed E-state index contributed by atoms with van der Waals surface area (Å²) < 4.78 is 0. The third-order valence-electron chi connectivity index (χ3n) is 3.68. The summed E-state index contributed by atoms with van der Waals surface area (Å²) in [5.74, 6) is -1.44. The fourth-order valence-corrected chi connectivity index (χ4v) is 2.73. The van der Waals surface area contributed by atoms with Crippen molar-refractivity contribution in [3.8, 4) is 0 Å². The SMILES string of the molecule is O=C(O)[C@](O)(c1ccc(Cl)cc1)C1(O)CCCC1. The molecular formula is C13H15ClO4. The first-order chi connectivity index (χ1) is 8.40. The number of benzene rings is 1. The molecule has 0 unspecified atom stereocenters. The summed E-state index contributed by atoms with van der Waals surface area (Å²) in [5, 5.41) is 30.7. The molecule has 0 saturated heterocycles. The Kier molecular flexibility index (Phi) is 3.36. The highest BCUT2D eigenvalue weighted by atomic mass is 35.5. The van der Waals surface area contributed by atoms with Gasteiger partial charge in [-0.15, -0.1) is 0 Å². The molecule has 0 spiro atoms. The third-order valence-corrected chi connectivity index (χ3v) is 3.93. The van der Waals surface area contributed by atoms with E-state index in [2.05, 4.69) is 0 Å². The summed E-state index contributed by atoms with van der Waals surface area (Å²) in [5.41, 5.74) is -3.75. The zero-order valence-electron chi connectivity index (χ0n) is 9.77. The van der Waals surface area contributed by atoms with Crippen LogP contribution >= 0.6 is 11.6 Å². The Labute approximate surface area is 110 Å². The van der Waals surface area contributed by atoms with E-state index in [1.165, 1.54) is 24.3 Å². The van der Waals surface area contributed by atoms with Crippen LogP contribution in [0.4, 0.5) is 0 Å². The third kappa shape index (κ3) is 1.90. The minimum atomic E-state index is -2.28. The largest absolute Gasteiger partial charge is 0.479 e. The number of halogens is 1. The molecule has 18 heavy (non-hydrogen) atoms. The normalized spacial score (nSPS) is 21.5. The van der Waals surface area contributed by atoms with E-state index in [0.29, 0.717) is 17.9 Å². The van der Waals surface area contributed by atoms with Crippen molar-refractivity contribution < 1.29 is 20.1 Å². The van der Waals surface area contributed by atoms with Crippen molar-refractivity contribution >= 4 is 17.6 Å². The molecule has 1 aliphatic rings. The first kappa shape index (κ1) is 13.3. The summed E-state index contributed by atoms with van der Waals surface area (Å²) in [7, 11) is 0. The van der Waals surface area contributed by atoms with Crippen molar-refractivity contribution in [2.45, 2.75) is 36.9 Å². The van der Waals surface area contributed by atoms with E-state index in [-0.39, 0.29) is 18.4 Å². The summed E-state index contributed by atoms with van der Waals surface area (Å²) in [6.45, 7) is 0. The van der Waals surface area contributed by atoms with Crippen LogP contribution in [0, 0.1) is 0 Å². The number of aliphatic hydroxyl groups is 2. The first-order valence-corrected chi connectivity index (χ1v) is 6.22. The monoisotopic (exact) mass is 270 g/mol. The van der Waals surface area contributed by atoms with Crippen LogP contribution in [0.25, 0.3) is 0 Å². The van der Waals surface area contributed by atoms with Gasteiger partial charge in [0.1, 0.15) is 5.60 Å². The minimum absolute atomic E-state index is 0.156. The molecular weight excluding hydrogens is 256 g/mol. The smallest absolute Gasteiger partial charge is 0.343 e. The summed E-state index contributed by atoms with van der Waals surface area (Å²) in [6.07, 6.45) is 1.97. The highest BCUT2D eigenvalue weighted by Crippen LogP contribution is 2.44. The van der Waals surface area contributed by atoms with E-state index >= 15 is 0 Å². The fourth-order valence-electron chi connectivity index (χ4n) is 2.60. The van der Waals surface area contributed by atoms with Crippen LogP contribution in [0.1, 0.15) is 31.2 Å². The molecule has 98 valence electrons. The maximum Gasteiger partial charge on any atom is 0.343 e. The fraction of sp³-hybridized carbons (Fsp3) is 0.462.